The minimum atomic E-state index is 0.137. The van der Waals surface area contributed by atoms with E-state index < -0.39 is 0 Å². The van der Waals surface area contributed by atoms with E-state index in [0.29, 0.717) is 0 Å². The van der Waals surface area contributed by atoms with E-state index in [0.717, 1.165) is 48.9 Å². The number of hydrogen-bond acceptors (Lipinski definition) is 4. The molecule has 2 aliphatic heterocycles. The van der Waals surface area contributed by atoms with Gasteiger partial charge in [-0.2, -0.15) is 0 Å². The third-order valence-corrected chi connectivity index (χ3v) is 11.7. The van der Waals surface area contributed by atoms with E-state index in [1.807, 2.05) is 0 Å². The summed E-state index contributed by atoms with van der Waals surface area (Å²) in [5, 5.41) is 2.60. The van der Waals surface area contributed by atoms with Crippen LogP contribution in [0.4, 0.5) is 11.4 Å². The Hall–Kier alpha value is -2.88. The molecule has 0 bridgehead atoms. The molecule has 4 aromatic carbocycles. The first-order valence-corrected chi connectivity index (χ1v) is 17.8. The Kier molecular flexibility index (Phi) is 8.70. The SMILES string of the molecule is CCCCCOc1ccc(C2=Nc3ccc4c5c(ccc(c35)[Se]2)N=C(c2ccc(OCCCCC)cc2)[Se]4)cc1. The predicted molar refractivity (Wildman–Crippen MR) is 170 cm³/mol. The van der Waals surface area contributed by atoms with Crippen molar-refractivity contribution in [3.8, 4) is 11.5 Å². The second-order valence-corrected chi connectivity index (χ2v) is 14.4. The van der Waals surface area contributed by atoms with Crippen LogP contribution in [0.25, 0.3) is 10.8 Å². The molecule has 0 radical (unpaired) electrons. The van der Waals surface area contributed by atoms with Crippen molar-refractivity contribution in [1.29, 1.82) is 0 Å². The number of unbranched alkanes of at least 4 members (excludes halogenated alkanes) is 4. The fourth-order valence-electron chi connectivity index (χ4n) is 4.95. The van der Waals surface area contributed by atoms with Gasteiger partial charge in [0.1, 0.15) is 0 Å². The van der Waals surface area contributed by atoms with Gasteiger partial charge in [-0.3, -0.25) is 0 Å². The molecule has 0 N–H and O–H groups in total. The molecule has 0 saturated carbocycles. The van der Waals surface area contributed by atoms with Gasteiger partial charge in [0.2, 0.25) is 0 Å². The van der Waals surface area contributed by atoms with Crippen LogP contribution < -0.4 is 18.4 Å². The molecule has 0 unspecified atom stereocenters. The molecule has 4 nitrogen and oxygen atoms in total. The number of aliphatic imine (C=N–C) groups is 2. The first-order chi connectivity index (χ1) is 19.7. The van der Waals surface area contributed by atoms with Crippen LogP contribution in [-0.2, 0) is 0 Å². The standard InChI is InChI=1S/C34H34N2O2Se2/c1-3-5-7-21-37-25-13-9-23(10-14-25)33-35-27-17-20-30-32-28(18-19-29(39-33)31(27)32)36-34(40-30)24-11-15-26(16-12-24)38-22-8-6-4-2/h9-20H,3-8,21-22H2,1-2H3. The number of ether oxygens (including phenoxy) is 2. The van der Waals surface area contributed by atoms with Crippen LogP contribution in [-0.4, -0.2) is 52.3 Å². The number of benzene rings is 4. The number of nitrogens with zero attached hydrogens (tertiary/aromatic N) is 2. The third kappa shape index (κ3) is 5.92. The fraction of sp³-hybridized carbons (Fsp3) is 0.294. The van der Waals surface area contributed by atoms with E-state index in [9.17, 15) is 0 Å². The molecular weight excluding hydrogens is 626 g/mol. The summed E-state index contributed by atoms with van der Waals surface area (Å²) in [7, 11) is 0. The zero-order valence-electron chi connectivity index (χ0n) is 23.1. The van der Waals surface area contributed by atoms with Gasteiger partial charge in [0.05, 0.1) is 0 Å². The molecule has 6 rings (SSSR count). The zero-order valence-corrected chi connectivity index (χ0v) is 26.5. The quantitative estimate of drug-likeness (QED) is 0.124. The molecule has 0 spiro atoms. The molecule has 0 fully saturated rings. The van der Waals surface area contributed by atoms with E-state index in [1.165, 1.54) is 65.7 Å². The molecular formula is C34H34N2O2Se2. The van der Waals surface area contributed by atoms with E-state index in [4.69, 9.17) is 19.5 Å². The van der Waals surface area contributed by atoms with Crippen molar-refractivity contribution in [1.82, 2.24) is 0 Å². The summed E-state index contributed by atoms with van der Waals surface area (Å²) in [6, 6.07) is 25.9. The third-order valence-electron chi connectivity index (χ3n) is 7.13. The van der Waals surface area contributed by atoms with Gasteiger partial charge in [0.25, 0.3) is 0 Å². The normalized spacial score (nSPS) is 13.7. The van der Waals surface area contributed by atoms with Crippen molar-refractivity contribution in [3.63, 3.8) is 0 Å². The molecule has 40 heavy (non-hydrogen) atoms. The first kappa shape index (κ1) is 27.3. The Morgan fingerprint density at radius 1 is 0.525 bits per heavy atom. The van der Waals surface area contributed by atoms with Crippen molar-refractivity contribution in [2.75, 3.05) is 13.2 Å². The van der Waals surface area contributed by atoms with Crippen molar-refractivity contribution in [2.24, 2.45) is 9.98 Å². The summed E-state index contributed by atoms with van der Waals surface area (Å²) >= 11 is 0.273. The summed E-state index contributed by atoms with van der Waals surface area (Å²) in [5.41, 5.74) is 4.50. The van der Waals surface area contributed by atoms with Gasteiger partial charge in [-0.1, -0.05) is 0 Å². The van der Waals surface area contributed by atoms with Gasteiger partial charge in [-0.05, 0) is 0 Å². The Morgan fingerprint density at radius 3 is 1.35 bits per heavy atom. The van der Waals surface area contributed by atoms with Crippen molar-refractivity contribution in [2.45, 2.75) is 52.4 Å². The Labute approximate surface area is 249 Å². The zero-order chi connectivity index (χ0) is 27.3. The second-order valence-electron chi connectivity index (χ2n) is 10.1. The van der Waals surface area contributed by atoms with Gasteiger partial charge in [0.15, 0.2) is 0 Å². The molecule has 2 aliphatic rings. The van der Waals surface area contributed by atoms with Crippen LogP contribution in [0.2, 0.25) is 0 Å². The Morgan fingerprint density at radius 2 is 0.950 bits per heavy atom. The molecule has 0 saturated heterocycles. The average Bonchev–Trinajstić information content (AvgIpc) is 3.00. The van der Waals surface area contributed by atoms with Gasteiger partial charge < -0.3 is 0 Å². The van der Waals surface area contributed by atoms with Gasteiger partial charge in [0, 0.05) is 0 Å². The maximum atomic E-state index is 5.92. The summed E-state index contributed by atoms with van der Waals surface area (Å²) in [6.07, 6.45) is 7.04. The van der Waals surface area contributed by atoms with Crippen molar-refractivity contribution < 1.29 is 9.47 Å². The number of hydrogen-bond donors (Lipinski definition) is 0. The average molecular weight is 661 g/mol. The maximum absolute atomic E-state index is 5.92. The molecule has 0 amide bonds. The van der Waals surface area contributed by atoms with Crippen LogP contribution in [0, 0.1) is 0 Å². The molecule has 204 valence electrons. The summed E-state index contributed by atoms with van der Waals surface area (Å²) in [6.45, 7) is 5.99. The molecule has 2 heterocycles. The molecule has 6 heteroatoms. The van der Waals surface area contributed by atoms with E-state index >= 15 is 0 Å². The molecule has 4 aromatic rings. The Balaban J connectivity index is 1.22. The second kappa shape index (κ2) is 12.7. The predicted octanol–water partition coefficient (Wildman–Crippen LogP) is 6.82. The topological polar surface area (TPSA) is 43.2 Å². The van der Waals surface area contributed by atoms with Crippen molar-refractivity contribution in [3.05, 3.63) is 83.9 Å². The van der Waals surface area contributed by atoms with Gasteiger partial charge >= 0.3 is 251 Å². The fourth-order valence-corrected chi connectivity index (χ4v) is 9.36. The first-order valence-electron chi connectivity index (χ1n) is 14.3. The van der Waals surface area contributed by atoms with Crippen LogP contribution in [0.5, 0.6) is 11.5 Å². The van der Waals surface area contributed by atoms with Crippen LogP contribution in [0.3, 0.4) is 0 Å². The van der Waals surface area contributed by atoms with E-state index in [2.05, 4.69) is 86.6 Å². The monoisotopic (exact) mass is 662 g/mol. The van der Waals surface area contributed by atoms with Crippen LogP contribution in [0.1, 0.15) is 63.5 Å². The molecule has 0 aliphatic carbocycles. The van der Waals surface area contributed by atoms with E-state index in [-0.39, 0.29) is 29.9 Å². The van der Waals surface area contributed by atoms with Gasteiger partial charge in [-0.15, -0.1) is 0 Å². The summed E-state index contributed by atoms with van der Waals surface area (Å²) < 4.78 is 17.0. The van der Waals surface area contributed by atoms with Crippen LogP contribution >= 0.6 is 0 Å². The molecule has 0 aromatic heterocycles. The number of rotatable bonds is 12. The van der Waals surface area contributed by atoms with Crippen LogP contribution in [0.15, 0.2) is 82.8 Å². The minimum absolute atomic E-state index is 0.137. The van der Waals surface area contributed by atoms with Crippen molar-refractivity contribution >= 4 is 70.2 Å². The summed E-state index contributed by atoms with van der Waals surface area (Å²) in [4.78, 5) is 10.3. The molecule has 0 atom stereocenters. The Bertz CT molecular complexity index is 1440. The van der Waals surface area contributed by atoms with Gasteiger partial charge in [-0.25, -0.2) is 0 Å². The van der Waals surface area contributed by atoms with E-state index in [1.54, 1.807) is 0 Å². The summed E-state index contributed by atoms with van der Waals surface area (Å²) in [5.74, 6) is 1.88.